The van der Waals surface area contributed by atoms with Crippen molar-refractivity contribution in [3.63, 3.8) is 0 Å². The van der Waals surface area contributed by atoms with Crippen LogP contribution >= 0.6 is 0 Å². The van der Waals surface area contributed by atoms with Crippen LogP contribution in [0.1, 0.15) is 25.5 Å². The second-order valence-corrected chi connectivity index (χ2v) is 4.94. The summed E-state index contributed by atoms with van der Waals surface area (Å²) in [6, 6.07) is 6.42. The lowest BCUT2D eigenvalue weighted by atomic mass is 10.1. The zero-order chi connectivity index (χ0) is 14.1. The molecule has 4 heteroatoms. The summed E-state index contributed by atoms with van der Waals surface area (Å²) in [4.78, 5) is 0. The van der Waals surface area contributed by atoms with E-state index < -0.39 is 0 Å². The first-order chi connectivity index (χ1) is 9.13. The average molecular weight is 269 g/mol. The van der Waals surface area contributed by atoms with E-state index in [0.29, 0.717) is 25.7 Å². The van der Waals surface area contributed by atoms with Gasteiger partial charge >= 0.3 is 0 Å². The average Bonchev–Trinajstić information content (AvgIpc) is 2.38. The topological polar surface area (TPSA) is 30.5 Å². The van der Waals surface area contributed by atoms with Gasteiger partial charge in [-0.05, 0) is 30.7 Å². The molecule has 0 aromatic heterocycles. The zero-order valence-corrected chi connectivity index (χ0v) is 12.0. The number of benzene rings is 1. The molecule has 0 saturated carbocycles. The number of ether oxygens (including phenoxy) is 2. The summed E-state index contributed by atoms with van der Waals surface area (Å²) in [6.45, 7) is 6.79. The molecule has 0 amide bonds. The van der Waals surface area contributed by atoms with Crippen molar-refractivity contribution in [3.05, 3.63) is 35.6 Å². The fourth-order valence-corrected chi connectivity index (χ4v) is 1.70. The van der Waals surface area contributed by atoms with Gasteiger partial charge in [-0.25, -0.2) is 4.39 Å². The van der Waals surface area contributed by atoms with E-state index in [2.05, 4.69) is 19.2 Å². The van der Waals surface area contributed by atoms with E-state index in [0.717, 1.165) is 12.2 Å². The number of nitrogens with one attached hydrogen (secondary N) is 1. The maximum Gasteiger partial charge on any atom is 0.123 e. The third-order valence-electron chi connectivity index (χ3n) is 2.63. The maximum absolute atomic E-state index is 12.9. The minimum Gasteiger partial charge on any atom is -0.379 e. The normalized spacial score (nSPS) is 12.9. The zero-order valence-electron chi connectivity index (χ0n) is 12.0. The maximum atomic E-state index is 12.9. The highest BCUT2D eigenvalue weighted by atomic mass is 19.1. The third kappa shape index (κ3) is 6.66. The highest BCUT2D eigenvalue weighted by Crippen LogP contribution is 2.17. The second kappa shape index (κ2) is 9.02. The Morgan fingerprint density at radius 1 is 1.16 bits per heavy atom. The van der Waals surface area contributed by atoms with E-state index >= 15 is 0 Å². The molecule has 0 fully saturated rings. The van der Waals surface area contributed by atoms with Gasteiger partial charge in [-0.3, -0.25) is 0 Å². The second-order valence-electron chi connectivity index (χ2n) is 4.94. The van der Waals surface area contributed by atoms with Crippen LogP contribution in [0.3, 0.4) is 0 Å². The highest BCUT2D eigenvalue weighted by Gasteiger charge is 2.11. The lowest BCUT2D eigenvalue weighted by Crippen LogP contribution is -2.21. The van der Waals surface area contributed by atoms with Crippen molar-refractivity contribution in [1.82, 2.24) is 5.32 Å². The van der Waals surface area contributed by atoms with E-state index in [-0.39, 0.29) is 11.9 Å². The SMILES string of the molecule is CNCC(OCCOCC(C)C)c1ccc(F)cc1. The molecule has 1 aromatic rings. The Labute approximate surface area is 115 Å². The molecule has 0 saturated heterocycles. The van der Waals surface area contributed by atoms with Gasteiger partial charge in [0.1, 0.15) is 5.82 Å². The van der Waals surface area contributed by atoms with Crippen molar-refractivity contribution in [2.45, 2.75) is 20.0 Å². The van der Waals surface area contributed by atoms with Crippen LogP contribution < -0.4 is 5.32 Å². The van der Waals surface area contributed by atoms with Gasteiger partial charge in [0.05, 0.1) is 19.3 Å². The van der Waals surface area contributed by atoms with Gasteiger partial charge in [-0.15, -0.1) is 0 Å². The summed E-state index contributed by atoms with van der Waals surface area (Å²) in [5.74, 6) is 0.303. The molecule has 3 nitrogen and oxygen atoms in total. The van der Waals surface area contributed by atoms with Crippen LogP contribution in [0, 0.1) is 11.7 Å². The standard InChI is InChI=1S/C15H24FNO2/c1-12(2)11-18-8-9-19-15(10-17-3)13-4-6-14(16)7-5-13/h4-7,12,15,17H,8-11H2,1-3H3. The Bertz CT molecular complexity index is 341. The number of halogens is 1. The van der Waals surface area contributed by atoms with Crippen molar-refractivity contribution >= 4 is 0 Å². The Morgan fingerprint density at radius 2 is 1.84 bits per heavy atom. The summed E-state index contributed by atoms with van der Waals surface area (Å²) in [5.41, 5.74) is 0.972. The molecule has 1 rings (SSSR count). The van der Waals surface area contributed by atoms with Crippen molar-refractivity contribution in [2.75, 3.05) is 33.4 Å². The minimum atomic E-state index is -0.229. The number of rotatable bonds is 9. The van der Waals surface area contributed by atoms with Gasteiger partial charge < -0.3 is 14.8 Å². The van der Waals surface area contributed by atoms with Crippen molar-refractivity contribution in [2.24, 2.45) is 5.92 Å². The van der Waals surface area contributed by atoms with Crippen LogP contribution in [-0.4, -0.2) is 33.4 Å². The molecule has 0 spiro atoms. The fourth-order valence-electron chi connectivity index (χ4n) is 1.70. The van der Waals surface area contributed by atoms with Gasteiger partial charge in [-0.2, -0.15) is 0 Å². The Morgan fingerprint density at radius 3 is 2.42 bits per heavy atom. The molecule has 1 N–H and O–H groups in total. The summed E-state index contributed by atoms with van der Waals surface area (Å²) in [6.07, 6.45) is -0.0757. The quantitative estimate of drug-likeness (QED) is 0.699. The molecule has 1 unspecified atom stereocenters. The minimum absolute atomic E-state index is 0.0757. The van der Waals surface area contributed by atoms with Crippen molar-refractivity contribution < 1.29 is 13.9 Å². The molecule has 0 heterocycles. The molecule has 0 aliphatic carbocycles. The predicted molar refractivity (Wildman–Crippen MR) is 74.7 cm³/mol. The third-order valence-corrected chi connectivity index (χ3v) is 2.63. The summed E-state index contributed by atoms with van der Waals surface area (Å²) in [7, 11) is 1.87. The first-order valence-corrected chi connectivity index (χ1v) is 6.73. The number of likely N-dealkylation sites (N-methyl/N-ethyl adjacent to an activating group) is 1. The molecule has 0 aliphatic rings. The molecule has 19 heavy (non-hydrogen) atoms. The largest absolute Gasteiger partial charge is 0.379 e. The van der Waals surface area contributed by atoms with Crippen LogP contribution in [-0.2, 0) is 9.47 Å². The number of hydrogen-bond donors (Lipinski definition) is 1. The monoisotopic (exact) mass is 269 g/mol. The molecule has 0 bridgehead atoms. The Hall–Kier alpha value is -0.970. The van der Waals surface area contributed by atoms with E-state index in [9.17, 15) is 4.39 Å². The van der Waals surface area contributed by atoms with Gasteiger partial charge in [0, 0.05) is 13.2 Å². The molecule has 0 radical (unpaired) electrons. The van der Waals surface area contributed by atoms with E-state index in [1.807, 2.05) is 7.05 Å². The van der Waals surface area contributed by atoms with E-state index in [4.69, 9.17) is 9.47 Å². The van der Waals surface area contributed by atoms with Crippen LogP contribution in [0.2, 0.25) is 0 Å². The molecule has 1 aromatic carbocycles. The summed E-state index contributed by atoms with van der Waals surface area (Å²) >= 11 is 0. The predicted octanol–water partition coefficient (Wildman–Crippen LogP) is 2.78. The van der Waals surface area contributed by atoms with Gasteiger partial charge in [0.25, 0.3) is 0 Å². The molecule has 0 aliphatic heterocycles. The Kier molecular flexibility index (Phi) is 7.63. The fraction of sp³-hybridized carbons (Fsp3) is 0.600. The smallest absolute Gasteiger partial charge is 0.123 e. The van der Waals surface area contributed by atoms with Crippen LogP contribution in [0.4, 0.5) is 4.39 Å². The van der Waals surface area contributed by atoms with E-state index in [1.165, 1.54) is 12.1 Å². The molecule has 108 valence electrons. The molecular weight excluding hydrogens is 245 g/mol. The van der Waals surface area contributed by atoms with Crippen LogP contribution in [0.25, 0.3) is 0 Å². The molecule has 1 atom stereocenters. The van der Waals surface area contributed by atoms with Gasteiger partial charge in [0.2, 0.25) is 0 Å². The highest BCUT2D eigenvalue weighted by molar-refractivity contribution is 5.19. The molecular formula is C15H24FNO2. The van der Waals surface area contributed by atoms with Gasteiger partial charge in [-0.1, -0.05) is 26.0 Å². The summed E-state index contributed by atoms with van der Waals surface area (Å²) in [5, 5.41) is 3.08. The van der Waals surface area contributed by atoms with Crippen LogP contribution in [0.5, 0.6) is 0 Å². The first kappa shape index (κ1) is 16.1. The summed E-state index contributed by atoms with van der Waals surface area (Å²) < 4.78 is 24.1. The Balaban J connectivity index is 2.38. The van der Waals surface area contributed by atoms with Crippen LogP contribution in [0.15, 0.2) is 24.3 Å². The van der Waals surface area contributed by atoms with Crippen molar-refractivity contribution in [1.29, 1.82) is 0 Å². The first-order valence-electron chi connectivity index (χ1n) is 6.73. The van der Waals surface area contributed by atoms with E-state index in [1.54, 1.807) is 12.1 Å². The lowest BCUT2D eigenvalue weighted by Gasteiger charge is -2.18. The number of hydrogen-bond acceptors (Lipinski definition) is 3. The van der Waals surface area contributed by atoms with Crippen molar-refractivity contribution in [3.8, 4) is 0 Å². The van der Waals surface area contributed by atoms with Gasteiger partial charge in [0.15, 0.2) is 0 Å². The lowest BCUT2D eigenvalue weighted by molar-refractivity contribution is -0.000682.